The molecule has 3 rings (SSSR count). The molecule has 19 heavy (non-hydrogen) atoms. The molecule has 2 aromatic rings. The normalized spacial score (nSPS) is 14.5. The molecule has 0 aliphatic heterocycles. The first kappa shape index (κ1) is 12.1. The smallest absolute Gasteiger partial charge is 0.356 e. The van der Waals surface area contributed by atoms with Crippen LogP contribution in [-0.2, 0) is 6.54 Å². The van der Waals surface area contributed by atoms with Gasteiger partial charge in [-0.2, -0.15) is 4.37 Å². The predicted molar refractivity (Wildman–Crippen MR) is 69.6 cm³/mol. The highest BCUT2D eigenvalue weighted by molar-refractivity contribution is 7.09. The number of aromatic carboxylic acids is 1. The van der Waals surface area contributed by atoms with E-state index in [-0.39, 0.29) is 5.69 Å². The molecule has 100 valence electrons. The maximum Gasteiger partial charge on any atom is 0.356 e. The summed E-state index contributed by atoms with van der Waals surface area (Å²) in [6.45, 7) is 1.30. The molecule has 2 heterocycles. The molecule has 0 aromatic carbocycles. The molecular formula is C11H13N5O2S. The van der Waals surface area contributed by atoms with Crippen molar-refractivity contribution in [2.45, 2.75) is 25.3 Å². The topological polar surface area (TPSA) is 92.9 Å². The van der Waals surface area contributed by atoms with E-state index in [0.717, 1.165) is 11.0 Å². The molecular weight excluding hydrogens is 266 g/mol. The molecule has 1 aliphatic rings. The lowest BCUT2D eigenvalue weighted by molar-refractivity contribution is 0.0691. The quantitative estimate of drug-likeness (QED) is 0.830. The first-order valence-electron chi connectivity index (χ1n) is 6.05. The molecule has 1 fully saturated rings. The molecule has 2 N–H and O–H groups in total. The number of imidazole rings is 1. The molecule has 0 saturated heterocycles. The Kier molecular flexibility index (Phi) is 3.16. The summed E-state index contributed by atoms with van der Waals surface area (Å²) >= 11 is 1.37. The van der Waals surface area contributed by atoms with Crippen LogP contribution in [0.4, 0.5) is 5.13 Å². The summed E-state index contributed by atoms with van der Waals surface area (Å²) in [5.74, 6) is 0.506. The predicted octanol–water partition coefficient (Wildman–Crippen LogP) is 1.42. The number of carboxylic acids is 1. The molecule has 1 aliphatic carbocycles. The van der Waals surface area contributed by atoms with Crippen LogP contribution < -0.4 is 5.32 Å². The molecule has 0 bridgehead atoms. The largest absolute Gasteiger partial charge is 0.476 e. The van der Waals surface area contributed by atoms with Crippen LogP contribution in [0.15, 0.2) is 12.5 Å². The Labute approximate surface area is 113 Å². The van der Waals surface area contributed by atoms with Crippen molar-refractivity contribution in [1.82, 2.24) is 18.9 Å². The van der Waals surface area contributed by atoms with Crippen molar-refractivity contribution in [1.29, 1.82) is 0 Å². The summed E-state index contributed by atoms with van der Waals surface area (Å²) in [7, 11) is 0. The molecule has 0 atom stereocenters. The maximum absolute atomic E-state index is 10.7. The molecule has 7 nitrogen and oxygen atoms in total. The molecule has 2 aromatic heterocycles. The van der Waals surface area contributed by atoms with Gasteiger partial charge < -0.3 is 15.0 Å². The van der Waals surface area contributed by atoms with Crippen molar-refractivity contribution in [3.63, 3.8) is 0 Å². The van der Waals surface area contributed by atoms with E-state index >= 15 is 0 Å². The zero-order valence-electron chi connectivity index (χ0n) is 10.1. The SMILES string of the molecule is O=C(O)c1cn(CCNc2nc(C3CC3)ns2)cn1. The third-order valence-electron chi connectivity index (χ3n) is 2.88. The fourth-order valence-electron chi connectivity index (χ4n) is 1.70. The lowest BCUT2D eigenvalue weighted by Gasteiger charge is -2.02. The minimum absolute atomic E-state index is 0.0620. The standard InChI is InChI=1S/C11H13N5O2S/c17-10(18)8-5-16(6-13-8)4-3-12-11-14-9(15-19-11)7-1-2-7/h5-7H,1-4H2,(H,17,18)(H,12,14,15). The van der Waals surface area contributed by atoms with Crippen LogP contribution in [0.3, 0.4) is 0 Å². The molecule has 1 saturated carbocycles. The van der Waals surface area contributed by atoms with Crippen LogP contribution in [0.25, 0.3) is 0 Å². The van der Waals surface area contributed by atoms with E-state index in [1.165, 1.54) is 36.9 Å². The number of hydrogen-bond acceptors (Lipinski definition) is 6. The van der Waals surface area contributed by atoms with Gasteiger partial charge in [0.2, 0.25) is 5.13 Å². The second-order valence-corrected chi connectivity index (χ2v) is 5.21. The Hall–Kier alpha value is -1.96. The van der Waals surface area contributed by atoms with Crippen LogP contribution in [-0.4, -0.2) is 36.5 Å². The number of rotatable bonds is 6. The minimum atomic E-state index is -1.01. The number of aromatic nitrogens is 4. The van der Waals surface area contributed by atoms with Gasteiger partial charge in [0.05, 0.1) is 6.33 Å². The van der Waals surface area contributed by atoms with Gasteiger partial charge in [0.25, 0.3) is 0 Å². The lowest BCUT2D eigenvalue weighted by atomic mass is 10.4. The third-order valence-corrected chi connectivity index (χ3v) is 3.57. The average Bonchev–Trinajstić information content (AvgIpc) is 2.94. The van der Waals surface area contributed by atoms with Gasteiger partial charge in [-0.25, -0.2) is 14.8 Å². The second kappa shape index (κ2) is 4.96. The van der Waals surface area contributed by atoms with Crippen molar-refractivity contribution in [3.8, 4) is 0 Å². The first-order valence-corrected chi connectivity index (χ1v) is 6.82. The summed E-state index contributed by atoms with van der Waals surface area (Å²) in [5, 5.41) is 12.8. The van der Waals surface area contributed by atoms with E-state index in [9.17, 15) is 4.79 Å². The Morgan fingerprint density at radius 1 is 1.58 bits per heavy atom. The maximum atomic E-state index is 10.7. The molecule has 0 amide bonds. The van der Waals surface area contributed by atoms with Gasteiger partial charge in [-0.15, -0.1) is 0 Å². The minimum Gasteiger partial charge on any atom is -0.476 e. The van der Waals surface area contributed by atoms with E-state index in [4.69, 9.17) is 5.11 Å². The molecule has 8 heteroatoms. The number of carboxylic acid groups (broad SMARTS) is 1. The Bertz CT molecular complexity index is 589. The number of nitrogens with one attached hydrogen (secondary N) is 1. The van der Waals surface area contributed by atoms with E-state index in [1.54, 1.807) is 4.57 Å². The highest BCUT2D eigenvalue weighted by Gasteiger charge is 2.27. The van der Waals surface area contributed by atoms with E-state index in [2.05, 4.69) is 19.7 Å². The van der Waals surface area contributed by atoms with Gasteiger partial charge in [0.1, 0.15) is 5.82 Å². The van der Waals surface area contributed by atoms with Gasteiger partial charge in [-0.3, -0.25) is 0 Å². The van der Waals surface area contributed by atoms with Gasteiger partial charge >= 0.3 is 5.97 Å². The monoisotopic (exact) mass is 279 g/mol. The van der Waals surface area contributed by atoms with Gasteiger partial charge in [0.15, 0.2) is 5.69 Å². The summed E-state index contributed by atoms with van der Waals surface area (Å²) in [6, 6.07) is 0. The number of nitrogens with zero attached hydrogens (tertiary/aromatic N) is 4. The van der Waals surface area contributed by atoms with E-state index < -0.39 is 5.97 Å². The summed E-state index contributed by atoms with van der Waals surface area (Å²) < 4.78 is 6.04. The highest BCUT2D eigenvalue weighted by Crippen LogP contribution is 2.39. The Balaban J connectivity index is 1.49. The average molecular weight is 279 g/mol. The van der Waals surface area contributed by atoms with E-state index in [0.29, 0.717) is 19.0 Å². The van der Waals surface area contributed by atoms with Crippen molar-refractivity contribution >= 4 is 22.6 Å². The zero-order valence-corrected chi connectivity index (χ0v) is 10.9. The number of carbonyl (C=O) groups is 1. The summed E-state index contributed by atoms with van der Waals surface area (Å²) in [5.41, 5.74) is 0.0620. The van der Waals surface area contributed by atoms with Crippen LogP contribution in [0.5, 0.6) is 0 Å². The summed E-state index contributed by atoms with van der Waals surface area (Å²) in [4.78, 5) is 18.9. The van der Waals surface area contributed by atoms with Crippen molar-refractivity contribution in [2.24, 2.45) is 0 Å². The Morgan fingerprint density at radius 2 is 2.42 bits per heavy atom. The number of anilines is 1. The molecule has 0 unspecified atom stereocenters. The Morgan fingerprint density at radius 3 is 3.11 bits per heavy atom. The second-order valence-electron chi connectivity index (χ2n) is 4.46. The lowest BCUT2D eigenvalue weighted by Crippen LogP contribution is -2.09. The third kappa shape index (κ3) is 2.90. The molecule has 0 spiro atoms. The van der Waals surface area contributed by atoms with Crippen LogP contribution in [0.1, 0.15) is 35.1 Å². The summed E-state index contributed by atoms with van der Waals surface area (Å²) in [6.07, 6.45) is 5.42. The first-order chi connectivity index (χ1) is 9.22. The fourth-order valence-corrected chi connectivity index (χ4v) is 2.37. The molecule has 0 radical (unpaired) electrons. The van der Waals surface area contributed by atoms with Crippen LogP contribution >= 0.6 is 11.5 Å². The van der Waals surface area contributed by atoms with Crippen molar-refractivity contribution in [2.75, 3.05) is 11.9 Å². The zero-order chi connectivity index (χ0) is 13.2. The van der Waals surface area contributed by atoms with Gasteiger partial charge in [-0.05, 0) is 12.8 Å². The van der Waals surface area contributed by atoms with Crippen molar-refractivity contribution in [3.05, 3.63) is 24.0 Å². The van der Waals surface area contributed by atoms with Gasteiger partial charge in [0, 0.05) is 36.7 Å². The van der Waals surface area contributed by atoms with E-state index in [1.807, 2.05) is 0 Å². The van der Waals surface area contributed by atoms with Crippen LogP contribution in [0.2, 0.25) is 0 Å². The fraction of sp³-hybridized carbons (Fsp3) is 0.455. The highest BCUT2D eigenvalue weighted by atomic mass is 32.1. The van der Waals surface area contributed by atoms with Crippen molar-refractivity contribution < 1.29 is 9.90 Å². The number of hydrogen-bond donors (Lipinski definition) is 2. The van der Waals surface area contributed by atoms with Gasteiger partial charge in [-0.1, -0.05) is 0 Å². The van der Waals surface area contributed by atoms with Crippen LogP contribution in [0, 0.1) is 0 Å².